The van der Waals surface area contributed by atoms with Crippen molar-refractivity contribution in [2.24, 2.45) is 5.41 Å². The molecule has 1 saturated carbocycles. The molecule has 0 spiro atoms. The van der Waals surface area contributed by atoms with Crippen LogP contribution in [0.1, 0.15) is 19.3 Å². The van der Waals surface area contributed by atoms with Crippen LogP contribution in [-0.4, -0.2) is 24.7 Å². The molecule has 2 N–H and O–H groups in total. The maximum Gasteiger partial charge on any atom is 0.233 e. The van der Waals surface area contributed by atoms with Gasteiger partial charge in [-0.15, -0.1) is 0 Å². The van der Waals surface area contributed by atoms with Crippen LogP contribution in [0.5, 0.6) is 5.75 Å². The lowest BCUT2D eigenvalue weighted by molar-refractivity contribution is -0.133. The van der Waals surface area contributed by atoms with Crippen molar-refractivity contribution < 1.29 is 14.6 Å². The summed E-state index contributed by atoms with van der Waals surface area (Å²) in [6.45, 7) is -0.102. The van der Waals surface area contributed by atoms with Gasteiger partial charge in [0.2, 0.25) is 5.91 Å². The number of anilines is 1. The Kier molecular flexibility index (Phi) is 3.92. The minimum absolute atomic E-state index is 0.102. The molecule has 0 heterocycles. The van der Waals surface area contributed by atoms with E-state index in [2.05, 4.69) is 21.2 Å². The van der Waals surface area contributed by atoms with Gasteiger partial charge in [-0.3, -0.25) is 4.79 Å². The third-order valence-electron chi connectivity index (χ3n) is 3.50. The highest BCUT2D eigenvalue weighted by molar-refractivity contribution is 9.10. The number of halogens is 1. The zero-order valence-corrected chi connectivity index (χ0v) is 11.8. The normalized spacial score (nSPS) is 16.8. The Hall–Kier alpha value is -1.07. The van der Waals surface area contributed by atoms with Crippen molar-refractivity contribution in [3.63, 3.8) is 0 Å². The van der Waals surface area contributed by atoms with Crippen LogP contribution in [0.3, 0.4) is 0 Å². The second-order valence-corrected chi connectivity index (χ2v) is 5.51. The summed E-state index contributed by atoms with van der Waals surface area (Å²) < 4.78 is 6.07. The van der Waals surface area contributed by atoms with E-state index in [0.717, 1.165) is 23.7 Å². The summed E-state index contributed by atoms with van der Waals surface area (Å²) in [5.74, 6) is 0.478. The molecule has 0 aromatic heterocycles. The van der Waals surface area contributed by atoms with Gasteiger partial charge in [-0.1, -0.05) is 22.4 Å². The van der Waals surface area contributed by atoms with Crippen molar-refractivity contribution >= 4 is 27.5 Å². The van der Waals surface area contributed by atoms with E-state index in [4.69, 9.17) is 4.74 Å². The molecule has 0 aliphatic heterocycles. The number of ether oxygens (including phenoxy) is 1. The standard InChI is InChI=1S/C13H16BrNO3/c1-18-11-4-3-9(14)7-10(11)15-12(17)13(8-16)5-2-6-13/h3-4,7,16H,2,5-6,8H2,1H3,(H,15,17). The van der Waals surface area contributed by atoms with E-state index in [-0.39, 0.29) is 12.5 Å². The predicted molar refractivity (Wildman–Crippen MR) is 72.7 cm³/mol. The van der Waals surface area contributed by atoms with Gasteiger partial charge < -0.3 is 15.2 Å². The second kappa shape index (κ2) is 5.28. The molecule has 0 unspecified atom stereocenters. The highest BCUT2D eigenvalue weighted by Crippen LogP contribution is 2.42. The monoisotopic (exact) mass is 313 g/mol. The molecule has 0 atom stereocenters. The molecule has 1 fully saturated rings. The van der Waals surface area contributed by atoms with Crippen LogP contribution in [0.2, 0.25) is 0 Å². The third-order valence-corrected chi connectivity index (χ3v) is 4.00. The highest BCUT2D eigenvalue weighted by Gasteiger charge is 2.43. The molecule has 98 valence electrons. The van der Waals surface area contributed by atoms with E-state index in [1.165, 1.54) is 0 Å². The van der Waals surface area contributed by atoms with E-state index in [1.54, 1.807) is 19.2 Å². The molecule has 1 aromatic carbocycles. The van der Waals surface area contributed by atoms with Crippen LogP contribution in [0.15, 0.2) is 22.7 Å². The first-order valence-corrected chi connectivity index (χ1v) is 6.66. The van der Waals surface area contributed by atoms with Crippen molar-refractivity contribution in [2.45, 2.75) is 19.3 Å². The summed E-state index contributed by atoms with van der Waals surface area (Å²) in [7, 11) is 1.56. The molecule has 1 aliphatic carbocycles. The average Bonchev–Trinajstić information content (AvgIpc) is 2.28. The molecule has 1 aliphatic rings. The Labute approximate surface area is 114 Å². The van der Waals surface area contributed by atoms with Crippen molar-refractivity contribution in [1.29, 1.82) is 0 Å². The number of methoxy groups -OCH3 is 1. The molecule has 0 radical (unpaired) electrons. The van der Waals surface area contributed by atoms with Crippen LogP contribution in [0, 0.1) is 5.41 Å². The first-order valence-electron chi connectivity index (χ1n) is 5.87. The van der Waals surface area contributed by atoms with Gasteiger partial charge in [0, 0.05) is 4.47 Å². The Morgan fingerprint density at radius 1 is 1.56 bits per heavy atom. The van der Waals surface area contributed by atoms with Crippen LogP contribution >= 0.6 is 15.9 Å². The van der Waals surface area contributed by atoms with E-state index < -0.39 is 5.41 Å². The van der Waals surface area contributed by atoms with Crippen molar-refractivity contribution in [3.05, 3.63) is 22.7 Å². The molecule has 5 heteroatoms. The number of carbonyl (C=O) groups excluding carboxylic acids is 1. The van der Waals surface area contributed by atoms with Gasteiger partial charge >= 0.3 is 0 Å². The number of aliphatic hydroxyl groups is 1. The molecular formula is C13H16BrNO3. The van der Waals surface area contributed by atoms with Gasteiger partial charge in [-0.2, -0.15) is 0 Å². The summed E-state index contributed by atoms with van der Waals surface area (Å²) in [5, 5.41) is 12.2. The number of nitrogens with one attached hydrogen (secondary N) is 1. The first-order chi connectivity index (χ1) is 8.61. The lowest BCUT2D eigenvalue weighted by atomic mass is 9.68. The Morgan fingerprint density at radius 3 is 2.78 bits per heavy atom. The van der Waals surface area contributed by atoms with Crippen molar-refractivity contribution in [1.82, 2.24) is 0 Å². The van der Waals surface area contributed by atoms with Crippen LogP contribution in [0.25, 0.3) is 0 Å². The van der Waals surface area contributed by atoms with E-state index >= 15 is 0 Å². The fourth-order valence-electron chi connectivity index (χ4n) is 2.09. The quantitative estimate of drug-likeness (QED) is 0.898. The predicted octanol–water partition coefficient (Wildman–Crippen LogP) is 2.56. The summed E-state index contributed by atoms with van der Waals surface area (Å²) in [4.78, 5) is 12.2. The number of rotatable bonds is 4. The maximum absolute atomic E-state index is 12.2. The highest BCUT2D eigenvalue weighted by atomic mass is 79.9. The van der Waals surface area contributed by atoms with Gasteiger partial charge in [0.05, 0.1) is 24.8 Å². The second-order valence-electron chi connectivity index (χ2n) is 4.59. The summed E-state index contributed by atoms with van der Waals surface area (Å²) in [6.07, 6.45) is 2.47. The van der Waals surface area contributed by atoms with E-state index in [9.17, 15) is 9.90 Å². The van der Waals surface area contributed by atoms with Gasteiger partial charge in [0.15, 0.2) is 0 Å². The number of benzene rings is 1. The first kappa shape index (κ1) is 13.4. The fraction of sp³-hybridized carbons (Fsp3) is 0.462. The Morgan fingerprint density at radius 2 is 2.28 bits per heavy atom. The smallest absolute Gasteiger partial charge is 0.233 e. The average molecular weight is 314 g/mol. The number of carbonyl (C=O) groups is 1. The summed E-state index contributed by atoms with van der Waals surface area (Å²) in [6, 6.07) is 5.42. The molecule has 1 aromatic rings. The van der Waals surface area contributed by atoms with Crippen LogP contribution < -0.4 is 10.1 Å². The SMILES string of the molecule is COc1ccc(Br)cc1NC(=O)C1(CO)CCC1. The number of aliphatic hydroxyl groups excluding tert-OH is 1. The maximum atomic E-state index is 12.2. The molecule has 0 bridgehead atoms. The zero-order valence-electron chi connectivity index (χ0n) is 10.2. The molecule has 2 rings (SSSR count). The third kappa shape index (κ3) is 2.37. The zero-order chi connectivity index (χ0) is 13.2. The molecular weight excluding hydrogens is 298 g/mol. The summed E-state index contributed by atoms with van der Waals surface area (Å²) >= 11 is 3.36. The molecule has 18 heavy (non-hydrogen) atoms. The fourth-order valence-corrected chi connectivity index (χ4v) is 2.45. The number of hydrogen-bond acceptors (Lipinski definition) is 3. The number of amides is 1. The Balaban J connectivity index is 2.18. The van der Waals surface area contributed by atoms with Crippen LogP contribution in [-0.2, 0) is 4.79 Å². The lowest BCUT2D eigenvalue weighted by Gasteiger charge is -2.38. The van der Waals surface area contributed by atoms with Crippen molar-refractivity contribution in [2.75, 3.05) is 19.0 Å². The van der Waals surface area contributed by atoms with Crippen molar-refractivity contribution in [3.8, 4) is 5.75 Å². The topological polar surface area (TPSA) is 58.6 Å². The minimum Gasteiger partial charge on any atom is -0.495 e. The van der Waals surface area contributed by atoms with Gasteiger partial charge in [0.1, 0.15) is 5.75 Å². The largest absolute Gasteiger partial charge is 0.495 e. The van der Waals surface area contributed by atoms with E-state index in [0.29, 0.717) is 11.4 Å². The number of hydrogen-bond donors (Lipinski definition) is 2. The lowest BCUT2D eigenvalue weighted by Crippen LogP contribution is -2.44. The molecule has 4 nitrogen and oxygen atoms in total. The van der Waals surface area contributed by atoms with Gasteiger partial charge in [0.25, 0.3) is 0 Å². The van der Waals surface area contributed by atoms with Gasteiger partial charge in [-0.05, 0) is 31.0 Å². The summed E-state index contributed by atoms with van der Waals surface area (Å²) in [5.41, 5.74) is 0.0180. The van der Waals surface area contributed by atoms with Crippen LogP contribution in [0.4, 0.5) is 5.69 Å². The van der Waals surface area contributed by atoms with Gasteiger partial charge in [-0.25, -0.2) is 0 Å². The Bertz CT molecular complexity index is 452. The molecule has 1 amide bonds. The van der Waals surface area contributed by atoms with E-state index in [1.807, 2.05) is 6.07 Å². The minimum atomic E-state index is -0.604. The molecule has 0 saturated heterocycles.